The van der Waals surface area contributed by atoms with Gasteiger partial charge in [-0.05, 0) is 19.4 Å². The van der Waals surface area contributed by atoms with E-state index >= 15 is 0 Å². The van der Waals surface area contributed by atoms with Crippen molar-refractivity contribution in [3.05, 3.63) is 27.1 Å². The van der Waals surface area contributed by atoms with Crippen LogP contribution in [0.25, 0.3) is 16.0 Å². The summed E-state index contributed by atoms with van der Waals surface area (Å²) in [5.41, 5.74) is 0.936. The summed E-state index contributed by atoms with van der Waals surface area (Å²) >= 11 is 1.53. The van der Waals surface area contributed by atoms with E-state index in [0.717, 1.165) is 15.3 Å². The lowest BCUT2D eigenvalue weighted by Gasteiger charge is -1.92. The predicted molar refractivity (Wildman–Crippen MR) is 58.5 cm³/mol. The highest BCUT2D eigenvalue weighted by atomic mass is 32.1. The summed E-state index contributed by atoms with van der Waals surface area (Å²) in [7, 11) is 0. The Kier molecular flexibility index (Phi) is 1.53. The summed E-state index contributed by atoms with van der Waals surface area (Å²) in [4.78, 5) is 22.2. The molecule has 0 amide bonds. The number of aromatic nitrogens is 4. The Morgan fingerprint density at radius 2 is 2.27 bits per heavy atom. The van der Waals surface area contributed by atoms with E-state index in [1.54, 1.807) is 0 Å². The monoisotopic (exact) mass is 220 g/mol. The van der Waals surface area contributed by atoms with Gasteiger partial charge in [-0.1, -0.05) is 0 Å². The molecular formula is C9H8N4OS. The van der Waals surface area contributed by atoms with Crippen molar-refractivity contribution in [1.82, 2.24) is 19.6 Å². The van der Waals surface area contributed by atoms with Gasteiger partial charge in [-0.25, -0.2) is 4.98 Å². The highest BCUT2D eigenvalue weighted by Crippen LogP contribution is 2.25. The first kappa shape index (κ1) is 8.60. The molecule has 0 saturated carbocycles. The fourth-order valence-corrected chi connectivity index (χ4v) is 2.65. The Bertz CT molecular complexity index is 721. The topological polar surface area (TPSA) is 63.1 Å². The molecule has 6 heteroatoms. The van der Waals surface area contributed by atoms with Crippen LogP contribution in [0.3, 0.4) is 0 Å². The van der Waals surface area contributed by atoms with E-state index in [2.05, 4.69) is 15.1 Å². The SMILES string of the molecule is Cc1sc2nc3nc[nH]n3c(=O)c2c1C. The fraction of sp³-hybridized carbons (Fsp3) is 0.222. The molecule has 0 aromatic carbocycles. The lowest BCUT2D eigenvalue weighted by molar-refractivity contribution is 0.916. The largest absolute Gasteiger partial charge is 0.283 e. The summed E-state index contributed by atoms with van der Waals surface area (Å²) < 4.78 is 1.36. The smallest absolute Gasteiger partial charge is 0.278 e. The van der Waals surface area contributed by atoms with Crippen molar-refractivity contribution in [1.29, 1.82) is 0 Å². The van der Waals surface area contributed by atoms with Crippen LogP contribution < -0.4 is 5.56 Å². The molecule has 15 heavy (non-hydrogen) atoms. The highest BCUT2D eigenvalue weighted by Gasteiger charge is 2.13. The molecule has 0 aliphatic heterocycles. The summed E-state index contributed by atoms with van der Waals surface area (Å²) in [6.07, 6.45) is 1.47. The van der Waals surface area contributed by atoms with Crippen molar-refractivity contribution in [2.75, 3.05) is 0 Å². The van der Waals surface area contributed by atoms with Crippen LogP contribution in [0, 0.1) is 13.8 Å². The van der Waals surface area contributed by atoms with E-state index in [1.807, 2.05) is 13.8 Å². The molecule has 3 rings (SSSR count). The number of aryl methyl sites for hydroxylation is 2. The molecule has 1 N–H and O–H groups in total. The van der Waals surface area contributed by atoms with Gasteiger partial charge < -0.3 is 0 Å². The first-order valence-electron chi connectivity index (χ1n) is 4.50. The van der Waals surface area contributed by atoms with Crippen LogP contribution in [0.5, 0.6) is 0 Å². The average molecular weight is 220 g/mol. The van der Waals surface area contributed by atoms with Crippen LogP contribution >= 0.6 is 11.3 Å². The zero-order valence-electron chi connectivity index (χ0n) is 8.24. The second-order valence-electron chi connectivity index (χ2n) is 3.40. The number of hydrogen-bond donors (Lipinski definition) is 1. The zero-order chi connectivity index (χ0) is 10.6. The fourth-order valence-electron chi connectivity index (χ4n) is 1.63. The number of fused-ring (bicyclic) bond motifs is 2. The van der Waals surface area contributed by atoms with Gasteiger partial charge in [0.1, 0.15) is 11.2 Å². The minimum atomic E-state index is -0.0747. The van der Waals surface area contributed by atoms with Crippen molar-refractivity contribution in [3.63, 3.8) is 0 Å². The molecule has 0 saturated heterocycles. The quantitative estimate of drug-likeness (QED) is 0.620. The molecular weight excluding hydrogens is 212 g/mol. The molecule has 0 aliphatic rings. The van der Waals surface area contributed by atoms with Gasteiger partial charge in [0.15, 0.2) is 0 Å². The van der Waals surface area contributed by atoms with Gasteiger partial charge >= 0.3 is 0 Å². The highest BCUT2D eigenvalue weighted by molar-refractivity contribution is 7.18. The summed E-state index contributed by atoms with van der Waals surface area (Å²) in [5.74, 6) is 0.425. The Morgan fingerprint density at radius 3 is 3.07 bits per heavy atom. The maximum absolute atomic E-state index is 12.0. The van der Waals surface area contributed by atoms with Gasteiger partial charge in [-0.3, -0.25) is 9.89 Å². The van der Waals surface area contributed by atoms with E-state index in [1.165, 1.54) is 22.2 Å². The van der Waals surface area contributed by atoms with Crippen molar-refractivity contribution >= 4 is 27.3 Å². The maximum atomic E-state index is 12.0. The Balaban J connectivity index is 2.70. The van der Waals surface area contributed by atoms with Gasteiger partial charge in [0.25, 0.3) is 11.3 Å². The van der Waals surface area contributed by atoms with E-state index in [4.69, 9.17) is 0 Å². The first-order valence-corrected chi connectivity index (χ1v) is 5.32. The Hall–Kier alpha value is -1.69. The van der Waals surface area contributed by atoms with Gasteiger partial charge in [-0.2, -0.15) is 9.50 Å². The van der Waals surface area contributed by atoms with Crippen LogP contribution in [0.2, 0.25) is 0 Å². The molecule has 5 nitrogen and oxygen atoms in total. The van der Waals surface area contributed by atoms with Gasteiger partial charge in [-0.15, -0.1) is 11.3 Å². The van der Waals surface area contributed by atoms with E-state index in [9.17, 15) is 4.79 Å². The zero-order valence-corrected chi connectivity index (χ0v) is 9.05. The van der Waals surface area contributed by atoms with Crippen LogP contribution in [0.15, 0.2) is 11.1 Å². The first-order chi connectivity index (χ1) is 7.18. The van der Waals surface area contributed by atoms with E-state index < -0.39 is 0 Å². The van der Waals surface area contributed by atoms with Crippen LogP contribution in [0.4, 0.5) is 0 Å². The molecule has 76 valence electrons. The molecule has 3 aromatic heterocycles. The predicted octanol–water partition coefficient (Wildman–Crippen LogP) is 1.25. The minimum absolute atomic E-state index is 0.0747. The van der Waals surface area contributed by atoms with Crippen molar-refractivity contribution < 1.29 is 0 Å². The van der Waals surface area contributed by atoms with Gasteiger partial charge in [0.2, 0.25) is 0 Å². The summed E-state index contributed by atoms with van der Waals surface area (Å²) in [6, 6.07) is 0. The van der Waals surface area contributed by atoms with Crippen molar-refractivity contribution in [2.24, 2.45) is 0 Å². The second kappa shape index (κ2) is 2.66. The van der Waals surface area contributed by atoms with Crippen LogP contribution in [0.1, 0.15) is 10.4 Å². The number of aromatic amines is 1. The lowest BCUT2D eigenvalue weighted by atomic mass is 10.2. The Labute approximate surface area is 88.4 Å². The molecule has 0 atom stereocenters. The number of thiophene rings is 1. The lowest BCUT2D eigenvalue weighted by Crippen LogP contribution is -2.15. The minimum Gasteiger partial charge on any atom is -0.278 e. The number of H-pyrrole nitrogens is 1. The van der Waals surface area contributed by atoms with E-state index in [0.29, 0.717) is 11.2 Å². The average Bonchev–Trinajstić information content (AvgIpc) is 2.74. The third-order valence-electron chi connectivity index (χ3n) is 2.55. The molecule has 0 aliphatic carbocycles. The van der Waals surface area contributed by atoms with E-state index in [-0.39, 0.29) is 5.56 Å². The molecule has 0 unspecified atom stereocenters. The second-order valence-corrected chi connectivity index (χ2v) is 4.61. The van der Waals surface area contributed by atoms with Crippen molar-refractivity contribution in [3.8, 4) is 0 Å². The standard InChI is InChI=1S/C9H8N4OS/c1-4-5(2)15-7-6(4)8(14)13-9(12-7)10-3-11-13/h3H,1-2H3,(H,10,11,12). The number of rotatable bonds is 0. The van der Waals surface area contributed by atoms with Gasteiger partial charge in [0, 0.05) is 4.88 Å². The molecule has 0 bridgehead atoms. The third kappa shape index (κ3) is 0.992. The van der Waals surface area contributed by atoms with Crippen molar-refractivity contribution in [2.45, 2.75) is 13.8 Å². The van der Waals surface area contributed by atoms with Crippen LogP contribution in [-0.4, -0.2) is 19.6 Å². The molecule has 0 radical (unpaired) electrons. The molecule has 0 fully saturated rings. The number of hydrogen-bond acceptors (Lipinski definition) is 4. The normalized spacial score (nSPS) is 11.6. The number of nitrogens with zero attached hydrogens (tertiary/aromatic N) is 3. The maximum Gasteiger partial charge on any atom is 0.283 e. The Morgan fingerprint density at radius 1 is 1.47 bits per heavy atom. The molecule has 0 spiro atoms. The summed E-state index contributed by atoms with van der Waals surface area (Å²) in [5, 5.41) is 3.45. The third-order valence-corrected chi connectivity index (χ3v) is 3.65. The molecule has 3 heterocycles. The van der Waals surface area contributed by atoms with Gasteiger partial charge in [0.05, 0.1) is 5.39 Å². The van der Waals surface area contributed by atoms with Crippen LogP contribution in [-0.2, 0) is 0 Å². The number of nitrogens with one attached hydrogen (secondary N) is 1. The molecule has 3 aromatic rings. The summed E-state index contributed by atoms with van der Waals surface area (Å²) in [6.45, 7) is 3.94.